The van der Waals surface area contributed by atoms with Gasteiger partial charge in [0, 0.05) is 17.5 Å². The number of rotatable bonds is 6. The molecule has 0 spiro atoms. The molecule has 1 aromatic heterocycles. The van der Waals surface area contributed by atoms with Gasteiger partial charge >= 0.3 is 12.1 Å². The normalized spacial score (nSPS) is 16.0. The minimum atomic E-state index is -4.56. The third-order valence-corrected chi connectivity index (χ3v) is 6.81. The number of aliphatic hydroxyl groups excluding tert-OH is 1. The van der Waals surface area contributed by atoms with E-state index < -0.39 is 36.3 Å². The largest absolute Gasteiger partial charge is 0.480 e. The van der Waals surface area contributed by atoms with Gasteiger partial charge < -0.3 is 15.1 Å². The van der Waals surface area contributed by atoms with Crippen LogP contribution in [0.3, 0.4) is 0 Å². The first-order chi connectivity index (χ1) is 17.0. The van der Waals surface area contributed by atoms with Crippen molar-refractivity contribution in [2.75, 3.05) is 13.7 Å². The Morgan fingerprint density at radius 1 is 1.28 bits per heavy atom. The lowest BCUT2D eigenvalue weighted by atomic mass is 10.1. The number of carbonyl (C=O) groups excluding carboxylic acids is 1. The van der Waals surface area contributed by atoms with Gasteiger partial charge in [-0.1, -0.05) is 23.7 Å². The molecule has 13 heteroatoms. The molecule has 0 bridgehead atoms. The molecule has 0 aliphatic carbocycles. The number of carboxylic acid groups (broad SMARTS) is 1. The number of alkyl halides is 3. The number of amides is 1. The lowest BCUT2D eigenvalue weighted by molar-refractivity contribution is -0.142. The second-order valence-corrected chi connectivity index (χ2v) is 9.32. The zero-order chi connectivity index (χ0) is 26.2. The second kappa shape index (κ2) is 9.96. The molecule has 1 aliphatic rings. The lowest BCUT2D eigenvalue weighted by Crippen LogP contribution is -2.43. The molecule has 1 atom stereocenters. The molecule has 0 saturated carbocycles. The van der Waals surface area contributed by atoms with E-state index in [1.54, 1.807) is 24.3 Å². The molecular weight excluding hydrogens is 521 g/mol. The summed E-state index contributed by atoms with van der Waals surface area (Å²) in [6.07, 6.45) is -1.48. The first-order valence-corrected chi connectivity index (χ1v) is 11.6. The lowest BCUT2D eigenvalue weighted by Gasteiger charge is -2.23. The number of likely N-dealkylation sites (N-methyl/N-ethyl adjacent to an activating group) is 1. The summed E-state index contributed by atoms with van der Waals surface area (Å²) < 4.78 is 41.8. The van der Waals surface area contributed by atoms with E-state index in [1.807, 2.05) is 0 Å². The highest BCUT2D eigenvalue weighted by Crippen LogP contribution is 2.35. The number of aliphatic hydroxyl groups is 1. The van der Waals surface area contributed by atoms with Gasteiger partial charge in [0.05, 0.1) is 35.3 Å². The van der Waals surface area contributed by atoms with Crippen LogP contribution in [0.5, 0.6) is 0 Å². The standard InChI is InChI=1S/C23H18ClF3N4O4S/c1-30(18(11-32)21(34)35)22-29-20(33)19(36-22)7-12-2-5-17-14(6-12)9-28-31(17)10-13-3-4-15(24)8-16(13)23(25,26)27/h2-9,18,32H,10-11H2,1H3,(H,34,35)/t18-/m0/s1. The summed E-state index contributed by atoms with van der Waals surface area (Å²) in [5.41, 5.74) is 0.405. The molecule has 2 N–H and O–H groups in total. The number of aromatic nitrogens is 2. The van der Waals surface area contributed by atoms with Crippen molar-refractivity contribution in [2.24, 2.45) is 4.99 Å². The molecule has 3 aromatic rings. The Balaban J connectivity index is 1.57. The number of fused-ring (bicyclic) bond motifs is 1. The van der Waals surface area contributed by atoms with E-state index in [0.29, 0.717) is 16.5 Å². The predicted octanol–water partition coefficient (Wildman–Crippen LogP) is 4.10. The van der Waals surface area contributed by atoms with Crippen molar-refractivity contribution >= 4 is 57.4 Å². The van der Waals surface area contributed by atoms with Crippen LogP contribution in [-0.2, 0) is 22.3 Å². The number of carboxylic acids is 1. The van der Waals surface area contributed by atoms with Crippen molar-refractivity contribution in [2.45, 2.75) is 18.8 Å². The monoisotopic (exact) mass is 538 g/mol. The third-order valence-electron chi connectivity index (χ3n) is 5.50. The summed E-state index contributed by atoms with van der Waals surface area (Å²) in [5, 5.41) is 23.5. The fourth-order valence-corrected chi connectivity index (χ4v) is 4.73. The third kappa shape index (κ3) is 5.25. The molecule has 2 aromatic carbocycles. The van der Waals surface area contributed by atoms with Crippen LogP contribution in [0.1, 0.15) is 16.7 Å². The summed E-state index contributed by atoms with van der Waals surface area (Å²) in [7, 11) is 1.42. The molecule has 0 unspecified atom stereocenters. The fourth-order valence-electron chi connectivity index (χ4n) is 3.63. The van der Waals surface area contributed by atoms with Gasteiger partial charge in [-0.05, 0) is 53.2 Å². The maximum atomic E-state index is 13.5. The van der Waals surface area contributed by atoms with Crippen LogP contribution in [0, 0.1) is 0 Å². The molecule has 188 valence electrons. The number of hydrogen-bond donors (Lipinski definition) is 2. The van der Waals surface area contributed by atoms with Crippen molar-refractivity contribution in [3.8, 4) is 0 Å². The van der Waals surface area contributed by atoms with E-state index >= 15 is 0 Å². The fraction of sp³-hybridized carbons (Fsp3) is 0.217. The maximum Gasteiger partial charge on any atom is 0.416 e. The Morgan fingerprint density at radius 2 is 2.03 bits per heavy atom. The zero-order valence-corrected chi connectivity index (χ0v) is 20.1. The minimum Gasteiger partial charge on any atom is -0.480 e. The van der Waals surface area contributed by atoms with E-state index in [4.69, 9.17) is 11.6 Å². The van der Waals surface area contributed by atoms with Crippen molar-refractivity contribution in [1.82, 2.24) is 14.7 Å². The van der Waals surface area contributed by atoms with Crippen LogP contribution in [0.15, 0.2) is 52.5 Å². The van der Waals surface area contributed by atoms with E-state index in [1.165, 1.54) is 35.0 Å². The first-order valence-electron chi connectivity index (χ1n) is 10.4. The Bertz CT molecular complexity index is 1420. The molecule has 0 saturated heterocycles. The highest BCUT2D eigenvalue weighted by Gasteiger charge is 2.34. The molecular formula is C23H18ClF3N4O4S. The van der Waals surface area contributed by atoms with Crippen LogP contribution in [0.2, 0.25) is 5.02 Å². The molecule has 2 heterocycles. The number of amidine groups is 1. The van der Waals surface area contributed by atoms with E-state index in [2.05, 4.69) is 10.1 Å². The topological polar surface area (TPSA) is 108 Å². The van der Waals surface area contributed by atoms with E-state index in [0.717, 1.165) is 17.8 Å². The number of benzene rings is 2. The highest BCUT2D eigenvalue weighted by molar-refractivity contribution is 8.18. The van der Waals surface area contributed by atoms with Gasteiger partial charge in [-0.25, -0.2) is 4.79 Å². The van der Waals surface area contributed by atoms with E-state index in [9.17, 15) is 33.0 Å². The number of aliphatic carboxylic acids is 1. The Kier molecular flexibility index (Phi) is 7.12. The Morgan fingerprint density at radius 3 is 2.69 bits per heavy atom. The molecule has 1 aliphatic heterocycles. The zero-order valence-electron chi connectivity index (χ0n) is 18.5. The molecule has 36 heavy (non-hydrogen) atoms. The molecule has 0 fully saturated rings. The summed E-state index contributed by atoms with van der Waals surface area (Å²) in [4.78, 5) is 29.0. The van der Waals surface area contributed by atoms with Crippen molar-refractivity contribution in [1.29, 1.82) is 0 Å². The maximum absolute atomic E-state index is 13.5. The average Bonchev–Trinajstić information content (AvgIpc) is 3.37. The summed E-state index contributed by atoms with van der Waals surface area (Å²) >= 11 is 6.73. The quantitative estimate of drug-likeness (QED) is 0.455. The van der Waals surface area contributed by atoms with Crippen LogP contribution in [-0.4, -0.2) is 61.6 Å². The number of carbonyl (C=O) groups is 2. The first kappa shape index (κ1) is 25.7. The number of thioether (sulfide) groups is 1. The number of aliphatic imine (C=N–C) groups is 1. The van der Waals surface area contributed by atoms with Gasteiger partial charge in [-0.15, -0.1) is 0 Å². The molecule has 0 radical (unpaired) electrons. The van der Waals surface area contributed by atoms with Crippen molar-refractivity contribution < 1.29 is 33.0 Å². The van der Waals surface area contributed by atoms with Crippen LogP contribution in [0.4, 0.5) is 13.2 Å². The highest BCUT2D eigenvalue weighted by atomic mass is 35.5. The SMILES string of the molecule is CN(C1=NC(=O)C(=Cc2ccc3c(cnn3Cc3ccc(Cl)cc3C(F)(F)F)c2)S1)[C@@H](CO)C(=O)O. The van der Waals surface area contributed by atoms with Gasteiger partial charge in [0.15, 0.2) is 11.2 Å². The van der Waals surface area contributed by atoms with Gasteiger partial charge in [0.2, 0.25) is 0 Å². The summed E-state index contributed by atoms with van der Waals surface area (Å²) in [6, 6.07) is 7.44. The number of halogens is 4. The van der Waals surface area contributed by atoms with Crippen LogP contribution < -0.4 is 0 Å². The van der Waals surface area contributed by atoms with Gasteiger partial charge in [0.1, 0.15) is 0 Å². The molecule has 1 amide bonds. The van der Waals surface area contributed by atoms with Crippen LogP contribution >= 0.6 is 23.4 Å². The second-order valence-electron chi connectivity index (χ2n) is 7.88. The average molecular weight is 539 g/mol. The van der Waals surface area contributed by atoms with Crippen molar-refractivity contribution in [3.63, 3.8) is 0 Å². The minimum absolute atomic E-state index is 0.0124. The van der Waals surface area contributed by atoms with E-state index in [-0.39, 0.29) is 27.2 Å². The van der Waals surface area contributed by atoms with Gasteiger partial charge in [0.25, 0.3) is 5.91 Å². The molecule has 8 nitrogen and oxygen atoms in total. The van der Waals surface area contributed by atoms with Gasteiger partial charge in [-0.2, -0.15) is 23.3 Å². The Hall–Kier alpha value is -3.35. The van der Waals surface area contributed by atoms with Gasteiger partial charge in [-0.3, -0.25) is 9.48 Å². The van der Waals surface area contributed by atoms with Crippen molar-refractivity contribution in [3.05, 3.63) is 69.2 Å². The summed E-state index contributed by atoms with van der Waals surface area (Å²) in [5.74, 6) is -1.81. The predicted molar refractivity (Wildman–Crippen MR) is 130 cm³/mol. The smallest absolute Gasteiger partial charge is 0.416 e. The number of nitrogens with zero attached hydrogens (tertiary/aromatic N) is 4. The Labute approximate surface area is 211 Å². The molecule has 4 rings (SSSR count). The number of hydrogen-bond acceptors (Lipinski definition) is 6. The summed E-state index contributed by atoms with van der Waals surface area (Å²) in [6.45, 7) is -0.775. The van der Waals surface area contributed by atoms with Crippen LogP contribution in [0.25, 0.3) is 17.0 Å².